The van der Waals surface area contributed by atoms with E-state index in [9.17, 15) is 14.3 Å². The summed E-state index contributed by atoms with van der Waals surface area (Å²) in [4.78, 5) is 25.2. The van der Waals surface area contributed by atoms with Crippen LogP contribution in [0.3, 0.4) is 0 Å². The zero-order valence-electron chi connectivity index (χ0n) is 35.0. The number of likely N-dealkylation sites (N-methyl/N-ethyl adjacent to an activating group) is 1. The highest BCUT2D eigenvalue weighted by atomic mass is 32.2. The van der Waals surface area contributed by atoms with Crippen molar-refractivity contribution in [3.05, 3.63) is 48.6 Å². The molecule has 0 N–H and O–H groups in total. The fourth-order valence-corrected chi connectivity index (χ4v) is 7.32. The van der Waals surface area contributed by atoms with Crippen molar-refractivity contribution in [2.45, 2.75) is 173 Å². The van der Waals surface area contributed by atoms with Gasteiger partial charge in [-0.15, -0.1) is 0 Å². The first-order chi connectivity index (χ1) is 25.6. The Morgan fingerprint density at radius 3 is 1.57 bits per heavy atom. The molecule has 0 saturated heterocycles. The molecule has 0 aliphatic carbocycles. The number of allylic oxidation sites excluding steroid dienone is 8. The predicted octanol–water partition coefficient (Wildman–Crippen LogP) is 12.5. The van der Waals surface area contributed by atoms with Gasteiger partial charge in [0.1, 0.15) is 13.2 Å². The molecule has 0 radical (unpaired) electrons. The molecule has 0 aliphatic heterocycles. The quantitative estimate of drug-likeness (QED) is 0.0266. The second-order valence-corrected chi connectivity index (χ2v) is 18.1. The number of phosphoric ester groups is 1. The van der Waals surface area contributed by atoms with E-state index in [-0.39, 0.29) is 24.9 Å². The van der Waals surface area contributed by atoms with Crippen molar-refractivity contribution < 1.29 is 32.5 Å². The second-order valence-electron chi connectivity index (χ2n) is 15.4. The number of ether oxygens (including phenoxy) is 1. The van der Waals surface area contributed by atoms with Crippen LogP contribution < -0.4 is 4.89 Å². The average molecular weight is 784 g/mol. The van der Waals surface area contributed by atoms with Crippen LogP contribution in [0.1, 0.15) is 168 Å². The summed E-state index contributed by atoms with van der Waals surface area (Å²) in [6, 6.07) is 0. The van der Waals surface area contributed by atoms with Crippen LogP contribution in [0, 0.1) is 0 Å². The third-order valence-corrected chi connectivity index (χ3v) is 10.9. The van der Waals surface area contributed by atoms with Crippen molar-refractivity contribution in [3.8, 4) is 0 Å². The van der Waals surface area contributed by atoms with E-state index in [4.69, 9.17) is 13.8 Å². The second kappa shape index (κ2) is 37.9. The van der Waals surface area contributed by atoms with E-state index in [1.165, 1.54) is 103 Å². The van der Waals surface area contributed by atoms with E-state index in [0.29, 0.717) is 24.1 Å². The average Bonchev–Trinajstić information content (AvgIpc) is 3.11. The Morgan fingerprint density at radius 1 is 0.604 bits per heavy atom. The van der Waals surface area contributed by atoms with E-state index < -0.39 is 13.1 Å². The lowest BCUT2D eigenvalue weighted by atomic mass is 10.0. The van der Waals surface area contributed by atoms with Crippen molar-refractivity contribution >= 4 is 24.7 Å². The van der Waals surface area contributed by atoms with Gasteiger partial charge in [-0.25, -0.2) is 0 Å². The van der Waals surface area contributed by atoms with Crippen LogP contribution in [0.15, 0.2) is 48.6 Å². The summed E-state index contributed by atoms with van der Waals surface area (Å²) in [5, 5.41) is -0.378. The number of phosphoric acid groups is 1. The molecule has 9 heteroatoms. The molecule has 53 heavy (non-hydrogen) atoms. The highest BCUT2D eigenvalue weighted by Crippen LogP contribution is 2.39. The topological polar surface area (TPSA) is 84.9 Å². The highest BCUT2D eigenvalue weighted by molar-refractivity contribution is 8.14. The normalized spacial score (nSPS) is 14.4. The van der Waals surface area contributed by atoms with Crippen LogP contribution in [0.5, 0.6) is 0 Å². The van der Waals surface area contributed by atoms with Gasteiger partial charge < -0.3 is 23.2 Å². The molecule has 0 aliphatic rings. The number of thioether (sulfide) groups is 1. The molecule has 0 heterocycles. The lowest BCUT2D eigenvalue weighted by molar-refractivity contribution is -0.870. The smallest absolute Gasteiger partial charge is 0.268 e. The molecule has 310 valence electrons. The maximum Gasteiger partial charge on any atom is 0.268 e. The number of hydrogen-bond acceptors (Lipinski definition) is 7. The van der Waals surface area contributed by atoms with Crippen molar-refractivity contribution in [1.82, 2.24) is 0 Å². The molecule has 2 atom stereocenters. The van der Waals surface area contributed by atoms with Gasteiger partial charge in [0.25, 0.3) is 7.82 Å². The minimum atomic E-state index is -4.47. The van der Waals surface area contributed by atoms with Crippen LogP contribution in [0.25, 0.3) is 0 Å². The Hall–Kier alpha value is -0.990. The van der Waals surface area contributed by atoms with Crippen molar-refractivity contribution in [2.75, 3.05) is 54.1 Å². The molecule has 7 nitrogen and oxygen atoms in total. The van der Waals surface area contributed by atoms with Gasteiger partial charge in [0.2, 0.25) is 0 Å². The molecule has 0 amide bonds. The summed E-state index contributed by atoms with van der Waals surface area (Å²) in [7, 11) is 1.44. The number of hydrogen-bond donors (Lipinski definition) is 0. The van der Waals surface area contributed by atoms with Crippen molar-refractivity contribution in [3.63, 3.8) is 0 Å². The van der Waals surface area contributed by atoms with Gasteiger partial charge in [0.15, 0.2) is 5.12 Å². The summed E-state index contributed by atoms with van der Waals surface area (Å²) in [5.74, 6) is 0. The van der Waals surface area contributed by atoms with E-state index in [1.54, 1.807) is 0 Å². The number of rotatable bonds is 39. The fourth-order valence-electron chi connectivity index (χ4n) is 5.54. The first-order valence-electron chi connectivity index (χ1n) is 21.4. The van der Waals surface area contributed by atoms with Gasteiger partial charge in [0, 0.05) is 13.0 Å². The van der Waals surface area contributed by atoms with Gasteiger partial charge in [-0.3, -0.25) is 9.36 Å². The predicted molar refractivity (Wildman–Crippen MR) is 228 cm³/mol. The molecule has 0 aromatic carbocycles. The number of carbonyl (C=O) groups excluding carboxylic acids is 1. The lowest BCUT2D eigenvalue weighted by Gasteiger charge is -2.28. The minimum absolute atomic E-state index is 0.0289. The molecule has 0 aromatic rings. The van der Waals surface area contributed by atoms with Crippen LogP contribution in [-0.4, -0.2) is 69.0 Å². The number of unbranched alkanes of at least 4 members (excludes halogenated alkanes) is 17. The molecule has 1 unspecified atom stereocenters. The molecular formula is C44H82NO6PS. The van der Waals surface area contributed by atoms with E-state index in [2.05, 4.69) is 62.5 Å². The number of nitrogens with zero attached hydrogens (tertiary/aromatic N) is 1. The molecule has 0 spiro atoms. The molecule has 0 fully saturated rings. The maximum atomic E-state index is 12.8. The zero-order chi connectivity index (χ0) is 39.1. The van der Waals surface area contributed by atoms with Crippen LogP contribution in [-0.2, 0) is 23.1 Å². The molecule has 0 bridgehead atoms. The summed E-state index contributed by atoms with van der Waals surface area (Å²) in [6.45, 7) is 5.82. The van der Waals surface area contributed by atoms with E-state index >= 15 is 0 Å². The highest BCUT2D eigenvalue weighted by Gasteiger charge is 2.20. The molecule has 0 saturated carbocycles. The van der Waals surface area contributed by atoms with Gasteiger partial charge in [0.05, 0.1) is 39.6 Å². The number of quaternary nitrogens is 1. The Kier molecular flexibility index (Phi) is 37.2. The summed E-state index contributed by atoms with van der Waals surface area (Å²) in [6.07, 6.45) is 45.7. The summed E-state index contributed by atoms with van der Waals surface area (Å²) >= 11 is 1.14. The van der Waals surface area contributed by atoms with Gasteiger partial charge in [-0.2, -0.15) is 0 Å². The number of carbonyl (C=O) groups is 1. The van der Waals surface area contributed by atoms with Crippen molar-refractivity contribution in [1.29, 1.82) is 0 Å². The molecule has 0 rings (SSSR count). The summed E-state index contributed by atoms with van der Waals surface area (Å²) in [5.41, 5.74) is 0. The molecular weight excluding hydrogens is 702 g/mol. The Balaban J connectivity index is 4.36. The first-order valence-corrected chi connectivity index (χ1v) is 23.7. The van der Waals surface area contributed by atoms with Crippen LogP contribution in [0.2, 0.25) is 0 Å². The third-order valence-electron chi connectivity index (χ3n) is 8.88. The van der Waals surface area contributed by atoms with E-state index in [0.717, 1.165) is 56.7 Å². The molecule has 0 aromatic heterocycles. The van der Waals surface area contributed by atoms with Crippen molar-refractivity contribution in [2.24, 2.45) is 0 Å². The minimum Gasteiger partial charge on any atom is -0.756 e. The SMILES string of the molecule is CCCCC/C=C\C/C=C\C/C=C\C/C=C\CCCC(=O)S[C@@H](COCCCCCCCCCCCCCCCC)COP(=O)([O-])OCC[N+](C)(C)C. The third kappa shape index (κ3) is 42.0. The van der Waals surface area contributed by atoms with E-state index in [1.807, 2.05) is 21.1 Å². The monoisotopic (exact) mass is 784 g/mol. The Morgan fingerprint density at radius 2 is 1.06 bits per heavy atom. The van der Waals surface area contributed by atoms with Crippen LogP contribution in [0.4, 0.5) is 0 Å². The first kappa shape index (κ1) is 52.0. The maximum absolute atomic E-state index is 12.8. The van der Waals surface area contributed by atoms with Gasteiger partial charge in [-0.1, -0.05) is 171 Å². The zero-order valence-corrected chi connectivity index (χ0v) is 36.7. The summed E-state index contributed by atoms with van der Waals surface area (Å²) < 4.78 is 29.2. The Bertz CT molecular complexity index is 993. The fraction of sp³-hybridized carbons (Fsp3) is 0.795. The standard InChI is InChI=1S/C44H82NO6PS/c1-6-8-10-12-14-16-18-20-22-23-24-25-27-29-31-33-35-37-44(46)53-43(42-51-52(47,48)50-40-38-45(3,4)5)41-49-39-36-34-32-30-28-26-21-19-17-15-13-11-9-7-2/h14,16,20,22,24-25,29,31,43H,6-13,15,17-19,21,23,26-28,30,32-42H2,1-5H3/b16-14-,22-20-,25-24-,31-29-/t43-/m0/s1. The Labute approximate surface area is 332 Å². The van der Waals surface area contributed by atoms with Gasteiger partial charge in [-0.05, 0) is 51.4 Å². The largest absolute Gasteiger partial charge is 0.756 e. The lowest BCUT2D eigenvalue weighted by Crippen LogP contribution is -2.37. The van der Waals surface area contributed by atoms with Crippen LogP contribution >= 0.6 is 19.6 Å². The van der Waals surface area contributed by atoms with Gasteiger partial charge >= 0.3 is 0 Å².